The number of halogens is 2. The highest BCUT2D eigenvalue weighted by molar-refractivity contribution is 5.22. The van der Waals surface area contributed by atoms with Gasteiger partial charge in [0, 0.05) is 31.4 Å². The lowest BCUT2D eigenvalue weighted by Crippen LogP contribution is -2.28. The van der Waals surface area contributed by atoms with E-state index in [1.807, 2.05) is 30.3 Å². The molecule has 2 N–H and O–H groups in total. The van der Waals surface area contributed by atoms with E-state index in [4.69, 9.17) is 4.74 Å². The van der Waals surface area contributed by atoms with E-state index < -0.39 is 17.7 Å². The minimum absolute atomic E-state index is 0.0245. The molecule has 1 aliphatic rings. The molecule has 1 saturated heterocycles. The molecule has 0 amide bonds. The molecule has 0 radical (unpaired) electrons. The molecule has 3 atom stereocenters. The molecule has 1 heterocycles. The van der Waals surface area contributed by atoms with Crippen molar-refractivity contribution in [1.29, 1.82) is 0 Å². The van der Waals surface area contributed by atoms with Crippen LogP contribution in [0.15, 0.2) is 48.5 Å². The van der Waals surface area contributed by atoms with E-state index in [0.717, 1.165) is 49.8 Å². The predicted octanol–water partition coefficient (Wildman–Crippen LogP) is 3.76. The van der Waals surface area contributed by atoms with E-state index in [0.29, 0.717) is 5.92 Å². The summed E-state index contributed by atoms with van der Waals surface area (Å²) in [6, 6.07) is 13.1. The SMILES string of the molecule is OC(CNC(CC1CCOC1)c1ccccc1)c1cc(F)ccc1F. The van der Waals surface area contributed by atoms with Crippen LogP contribution in [0, 0.1) is 17.6 Å². The Kier molecular flexibility index (Phi) is 6.13. The molecule has 1 aliphatic heterocycles. The van der Waals surface area contributed by atoms with Crippen LogP contribution >= 0.6 is 0 Å². The van der Waals surface area contributed by atoms with Crippen LogP contribution in [0.2, 0.25) is 0 Å². The van der Waals surface area contributed by atoms with Gasteiger partial charge in [-0.1, -0.05) is 30.3 Å². The number of hydrogen-bond donors (Lipinski definition) is 2. The average Bonchev–Trinajstić information content (AvgIpc) is 3.14. The maximum absolute atomic E-state index is 13.8. The van der Waals surface area contributed by atoms with Gasteiger partial charge in [-0.05, 0) is 42.5 Å². The third-order valence-electron chi connectivity index (χ3n) is 4.67. The number of nitrogens with one attached hydrogen (secondary N) is 1. The zero-order chi connectivity index (χ0) is 17.6. The molecule has 0 aromatic heterocycles. The van der Waals surface area contributed by atoms with Crippen LogP contribution in [0.25, 0.3) is 0 Å². The fraction of sp³-hybridized carbons (Fsp3) is 0.400. The van der Waals surface area contributed by atoms with Gasteiger partial charge in [0.1, 0.15) is 11.6 Å². The number of aliphatic hydroxyl groups is 1. The molecule has 0 spiro atoms. The molecular formula is C20H23F2NO2. The molecule has 3 unspecified atom stereocenters. The van der Waals surface area contributed by atoms with Crippen molar-refractivity contribution in [1.82, 2.24) is 5.32 Å². The highest BCUT2D eigenvalue weighted by atomic mass is 19.1. The molecule has 134 valence electrons. The first kappa shape index (κ1) is 18.0. The summed E-state index contributed by atoms with van der Waals surface area (Å²) in [5.41, 5.74) is 1.09. The van der Waals surface area contributed by atoms with Gasteiger partial charge < -0.3 is 15.2 Å². The lowest BCUT2D eigenvalue weighted by Gasteiger charge is -2.24. The summed E-state index contributed by atoms with van der Waals surface area (Å²) in [4.78, 5) is 0. The number of rotatable bonds is 7. The van der Waals surface area contributed by atoms with Crippen molar-refractivity contribution in [2.24, 2.45) is 5.92 Å². The van der Waals surface area contributed by atoms with Crippen LogP contribution in [-0.2, 0) is 4.74 Å². The van der Waals surface area contributed by atoms with Crippen LogP contribution in [-0.4, -0.2) is 24.9 Å². The second-order valence-electron chi connectivity index (χ2n) is 6.52. The average molecular weight is 347 g/mol. The molecule has 3 nitrogen and oxygen atoms in total. The lowest BCUT2D eigenvalue weighted by atomic mass is 9.94. The van der Waals surface area contributed by atoms with Crippen LogP contribution in [0.5, 0.6) is 0 Å². The third-order valence-corrected chi connectivity index (χ3v) is 4.67. The topological polar surface area (TPSA) is 41.5 Å². The first-order chi connectivity index (χ1) is 12.1. The van der Waals surface area contributed by atoms with Crippen molar-refractivity contribution >= 4 is 0 Å². The van der Waals surface area contributed by atoms with E-state index in [2.05, 4.69) is 5.32 Å². The van der Waals surface area contributed by atoms with Gasteiger partial charge in [-0.3, -0.25) is 0 Å². The van der Waals surface area contributed by atoms with E-state index >= 15 is 0 Å². The van der Waals surface area contributed by atoms with Gasteiger partial charge in [0.2, 0.25) is 0 Å². The standard InChI is InChI=1S/C20H23F2NO2/c21-16-6-7-18(22)17(11-16)20(24)12-23-19(10-14-8-9-25-13-14)15-4-2-1-3-5-15/h1-7,11,14,19-20,23-24H,8-10,12-13H2. The molecule has 25 heavy (non-hydrogen) atoms. The van der Waals surface area contributed by atoms with Gasteiger partial charge in [0.25, 0.3) is 0 Å². The van der Waals surface area contributed by atoms with E-state index in [1.54, 1.807) is 0 Å². The van der Waals surface area contributed by atoms with Crippen LogP contribution in [0.4, 0.5) is 8.78 Å². The summed E-state index contributed by atoms with van der Waals surface area (Å²) in [5.74, 6) is -0.699. The van der Waals surface area contributed by atoms with Crippen molar-refractivity contribution in [2.75, 3.05) is 19.8 Å². The van der Waals surface area contributed by atoms with Crippen molar-refractivity contribution in [3.05, 3.63) is 71.3 Å². The molecular weight excluding hydrogens is 324 g/mol. The molecule has 0 bridgehead atoms. The second kappa shape index (κ2) is 8.52. The van der Waals surface area contributed by atoms with Gasteiger partial charge in [-0.2, -0.15) is 0 Å². The predicted molar refractivity (Wildman–Crippen MR) is 92.0 cm³/mol. The first-order valence-electron chi connectivity index (χ1n) is 8.62. The Labute approximate surface area is 146 Å². The van der Waals surface area contributed by atoms with Crippen molar-refractivity contribution in [3.63, 3.8) is 0 Å². The summed E-state index contributed by atoms with van der Waals surface area (Å²) >= 11 is 0. The lowest BCUT2D eigenvalue weighted by molar-refractivity contribution is 0.159. The van der Waals surface area contributed by atoms with Crippen molar-refractivity contribution in [2.45, 2.75) is 25.0 Å². The fourth-order valence-electron chi connectivity index (χ4n) is 3.26. The van der Waals surface area contributed by atoms with E-state index in [-0.39, 0.29) is 18.2 Å². The monoisotopic (exact) mass is 347 g/mol. The Hall–Kier alpha value is -1.82. The zero-order valence-corrected chi connectivity index (χ0v) is 14.0. The molecule has 3 rings (SSSR count). The van der Waals surface area contributed by atoms with Crippen molar-refractivity contribution in [3.8, 4) is 0 Å². The third kappa shape index (κ3) is 4.84. The van der Waals surface area contributed by atoms with Gasteiger partial charge >= 0.3 is 0 Å². The normalized spacial score (nSPS) is 19.7. The molecule has 5 heteroatoms. The Bertz CT molecular complexity index is 675. The molecule has 2 aromatic rings. The zero-order valence-electron chi connectivity index (χ0n) is 14.0. The highest BCUT2D eigenvalue weighted by Gasteiger charge is 2.23. The van der Waals surface area contributed by atoms with Crippen LogP contribution in [0.3, 0.4) is 0 Å². The number of ether oxygens (including phenoxy) is 1. The van der Waals surface area contributed by atoms with Gasteiger partial charge in [0.15, 0.2) is 0 Å². The van der Waals surface area contributed by atoms with Gasteiger partial charge in [0.05, 0.1) is 6.10 Å². The molecule has 1 fully saturated rings. The summed E-state index contributed by atoms with van der Waals surface area (Å²) in [7, 11) is 0. The molecule has 0 aliphatic carbocycles. The quantitative estimate of drug-likeness (QED) is 0.801. The first-order valence-corrected chi connectivity index (χ1v) is 8.62. The number of benzene rings is 2. The number of aliphatic hydroxyl groups excluding tert-OH is 1. The minimum atomic E-state index is -1.11. The van der Waals surface area contributed by atoms with E-state index in [9.17, 15) is 13.9 Å². The molecule has 2 aromatic carbocycles. The Morgan fingerprint density at radius 2 is 1.96 bits per heavy atom. The van der Waals surface area contributed by atoms with Gasteiger partial charge in [-0.15, -0.1) is 0 Å². The van der Waals surface area contributed by atoms with Gasteiger partial charge in [-0.25, -0.2) is 8.78 Å². The highest BCUT2D eigenvalue weighted by Crippen LogP contribution is 2.27. The Morgan fingerprint density at radius 3 is 2.68 bits per heavy atom. The molecule has 0 saturated carbocycles. The van der Waals surface area contributed by atoms with Crippen LogP contribution < -0.4 is 5.32 Å². The summed E-state index contributed by atoms with van der Waals surface area (Å²) in [6.07, 6.45) is 0.788. The fourth-order valence-corrected chi connectivity index (χ4v) is 3.26. The summed E-state index contributed by atoms with van der Waals surface area (Å²) in [5, 5.41) is 13.6. The van der Waals surface area contributed by atoms with Crippen molar-refractivity contribution < 1.29 is 18.6 Å². The Morgan fingerprint density at radius 1 is 1.16 bits per heavy atom. The number of hydrogen-bond acceptors (Lipinski definition) is 3. The largest absolute Gasteiger partial charge is 0.387 e. The summed E-state index contributed by atoms with van der Waals surface area (Å²) < 4.78 is 32.6. The Balaban J connectivity index is 1.68. The summed E-state index contributed by atoms with van der Waals surface area (Å²) in [6.45, 7) is 1.67. The second-order valence-corrected chi connectivity index (χ2v) is 6.52. The maximum Gasteiger partial charge on any atom is 0.129 e. The smallest absolute Gasteiger partial charge is 0.129 e. The van der Waals surface area contributed by atoms with E-state index in [1.165, 1.54) is 0 Å². The van der Waals surface area contributed by atoms with Crippen LogP contribution in [0.1, 0.15) is 36.1 Å². The minimum Gasteiger partial charge on any atom is -0.387 e. The maximum atomic E-state index is 13.8.